The number of ether oxygens (including phenoxy) is 1. The number of hydrogen-bond acceptors (Lipinski definition) is 5. The van der Waals surface area contributed by atoms with Crippen molar-refractivity contribution in [3.63, 3.8) is 0 Å². The maximum absolute atomic E-state index is 11.3. The minimum absolute atomic E-state index is 0.101. The fraction of sp³-hybridized carbons (Fsp3) is 0.238. The first-order valence-corrected chi connectivity index (χ1v) is 10.6. The van der Waals surface area contributed by atoms with Gasteiger partial charge in [0.15, 0.2) is 0 Å². The van der Waals surface area contributed by atoms with Gasteiger partial charge >= 0.3 is 0 Å². The standard InChI is InChI=1S/C21H24N2O3S/c1-15(12-13-22)21-26-20-9-5-4-8-19(20)23(27(21,24)25)18-11-10-16-6-2-3-7-17(16)14-18/h2-11,14-15,21,24-25H,12-13,22H2,1H3. The van der Waals surface area contributed by atoms with Crippen LogP contribution in [0, 0.1) is 5.92 Å². The van der Waals surface area contributed by atoms with Crippen molar-refractivity contribution in [2.24, 2.45) is 11.7 Å². The van der Waals surface area contributed by atoms with Gasteiger partial charge in [0.05, 0.1) is 5.69 Å². The first kappa shape index (κ1) is 18.1. The van der Waals surface area contributed by atoms with Crippen LogP contribution in [0.1, 0.15) is 13.3 Å². The van der Waals surface area contributed by atoms with Gasteiger partial charge in [-0.05, 0) is 48.0 Å². The van der Waals surface area contributed by atoms with Crippen LogP contribution in [0.2, 0.25) is 0 Å². The van der Waals surface area contributed by atoms with Crippen LogP contribution in [0.25, 0.3) is 10.8 Å². The van der Waals surface area contributed by atoms with Gasteiger partial charge in [0.2, 0.25) is 5.44 Å². The highest BCUT2D eigenvalue weighted by Crippen LogP contribution is 2.62. The number of benzene rings is 3. The molecule has 2 atom stereocenters. The number of hydrogen-bond donors (Lipinski definition) is 3. The molecule has 3 aromatic rings. The van der Waals surface area contributed by atoms with Gasteiger partial charge in [0, 0.05) is 5.92 Å². The summed E-state index contributed by atoms with van der Waals surface area (Å²) in [5.41, 5.74) is 6.34. The van der Waals surface area contributed by atoms with E-state index in [4.69, 9.17) is 10.5 Å². The highest BCUT2D eigenvalue weighted by molar-refractivity contribution is 8.26. The molecule has 142 valence electrons. The minimum Gasteiger partial charge on any atom is -0.466 e. The Labute approximate surface area is 160 Å². The van der Waals surface area contributed by atoms with E-state index in [0.29, 0.717) is 24.4 Å². The number of fused-ring (bicyclic) bond motifs is 2. The van der Waals surface area contributed by atoms with Crippen molar-refractivity contribution in [1.29, 1.82) is 0 Å². The fourth-order valence-electron chi connectivity index (χ4n) is 3.59. The highest BCUT2D eigenvalue weighted by Gasteiger charge is 2.43. The van der Waals surface area contributed by atoms with Crippen LogP contribution in [0.5, 0.6) is 5.75 Å². The van der Waals surface area contributed by atoms with Crippen LogP contribution in [0.3, 0.4) is 0 Å². The Balaban J connectivity index is 1.87. The van der Waals surface area contributed by atoms with Crippen LogP contribution in [-0.2, 0) is 0 Å². The van der Waals surface area contributed by atoms with E-state index >= 15 is 0 Å². The SMILES string of the molecule is CC(CCN)C1Oc2ccccc2N(c2ccc3ccccc3c2)S1(O)O. The predicted octanol–water partition coefficient (Wildman–Crippen LogP) is 5.35. The van der Waals surface area contributed by atoms with Crippen LogP contribution >= 0.6 is 10.8 Å². The molecule has 4 N–H and O–H groups in total. The largest absolute Gasteiger partial charge is 0.466 e. The van der Waals surface area contributed by atoms with Crippen molar-refractivity contribution in [2.75, 3.05) is 10.8 Å². The zero-order valence-corrected chi connectivity index (χ0v) is 16.0. The monoisotopic (exact) mass is 384 g/mol. The Morgan fingerprint density at radius 1 is 1.04 bits per heavy atom. The fourth-order valence-corrected chi connectivity index (χ4v) is 5.65. The minimum atomic E-state index is -3.27. The lowest BCUT2D eigenvalue weighted by Crippen LogP contribution is -2.43. The summed E-state index contributed by atoms with van der Waals surface area (Å²) in [5, 5.41) is 2.15. The van der Waals surface area contributed by atoms with Crippen molar-refractivity contribution < 1.29 is 13.8 Å². The van der Waals surface area contributed by atoms with Crippen molar-refractivity contribution >= 4 is 32.9 Å². The molecule has 4 rings (SSSR count). The van der Waals surface area contributed by atoms with E-state index in [2.05, 4.69) is 0 Å². The molecular weight excluding hydrogens is 360 g/mol. The second-order valence-electron chi connectivity index (χ2n) is 6.90. The van der Waals surface area contributed by atoms with Crippen molar-refractivity contribution in [3.8, 4) is 5.75 Å². The molecule has 0 amide bonds. The zero-order valence-electron chi connectivity index (χ0n) is 15.2. The normalized spacial score (nSPS) is 20.6. The Hall–Kier alpha value is -2.25. The molecule has 0 radical (unpaired) electrons. The van der Waals surface area contributed by atoms with E-state index in [0.717, 1.165) is 16.5 Å². The number of para-hydroxylation sites is 2. The van der Waals surface area contributed by atoms with E-state index in [1.165, 1.54) is 0 Å². The summed E-state index contributed by atoms with van der Waals surface area (Å²) in [5.74, 6) is 0.544. The number of nitrogens with two attached hydrogens (primary N) is 1. The van der Waals surface area contributed by atoms with E-state index in [-0.39, 0.29) is 5.92 Å². The smallest absolute Gasteiger partial charge is 0.209 e. The Bertz CT molecular complexity index is 963. The van der Waals surface area contributed by atoms with Gasteiger partial charge in [-0.1, -0.05) is 60.2 Å². The third kappa shape index (κ3) is 3.15. The van der Waals surface area contributed by atoms with Crippen molar-refractivity contribution in [2.45, 2.75) is 18.8 Å². The summed E-state index contributed by atoms with van der Waals surface area (Å²) in [6.07, 6.45) is 0.647. The Morgan fingerprint density at radius 2 is 1.74 bits per heavy atom. The number of nitrogens with zero attached hydrogens (tertiary/aromatic N) is 1. The number of rotatable bonds is 4. The molecule has 0 spiro atoms. The molecule has 1 heterocycles. The van der Waals surface area contributed by atoms with E-state index < -0.39 is 16.2 Å². The quantitative estimate of drug-likeness (QED) is 0.565. The molecule has 0 fully saturated rings. The van der Waals surface area contributed by atoms with E-state index in [1.807, 2.05) is 73.7 Å². The zero-order chi connectivity index (χ0) is 19.0. The summed E-state index contributed by atoms with van der Waals surface area (Å²) in [6.45, 7) is 2.41. The van der Waals surface area contributed by atoms with Gasteiger partial charge in [-0.25, -0.2) is 4.31 Å². The van der Waals surface area contributed by atoms with E-state index in [1.54, 1.807) is 4.31 Å². The molecular formula is C21H24N2O3S. The molecule has 1 aliphatic rings. The van der Waals surface area contributed by atoms with Gasteiger partial charge in [-0.2, -0.15) is 0 Å². The van der Waals surface area contributed by atoms with Gasteiger partial charge in [0.1, 0.15) is 11.4 Å². The summed E-state index contributed by atoms with van der Waals surface area (Å²) in [7, 11) is -3.27. The second kappa shape index (κ2) is 7.05. The third-order valence-corrected chi connectivity index (χ3v) is 7.09. The summed E-state index contributed by atoms with van der Waals surface area (Å²) in [6, 6.07) is 21.4. The lowest BCUT2D eigenvalue weighted by molar-refractivity contribution is 0.189. The van der Waals surface area contributed by atoms with Crippen LogP contribution in [-0.4, -0.2) is 21.1 Å². The molecule has 0 aliphatic carbocycles. The van der Waals surface area contributed by atoms with Gasteiger partial charge in [-0.15, -0.1) is 0 Å². The molecule has 27 heavy (non-hydrogen) atoms. The molecule has 6 heteroatoms. The van der Waals surface area contributed by atoms with E-state index in [9.17, 15) is 9.11 Å². The summed E-state index contributed by atoms with van der Waals surface area (Å²) < 4.78 is 30.2. The van der Waals surface area contributed by atoms with Crippen molar-refractivity contribution in [1.82, 2.24) is 0 Å². The topological polar surface area (TPSA) is 79.0 Å². The van der Waals surface area contributed by atoms with Gasteiger partial charge in [-0.3, -0.25) is 9.11 Å². The lowest BCUT2D eigenvalue weighted by atomic mass is 10.1. The number of anilines is 2. The highest BCUT2D eigenvalue weighted by atomic mass is 32.3. The summed E-state index contributed by atoms with van der Waals surface area (Å²) in [4.78, 5) is 0. The Kier molecular flexibility index (Phi) is 4.74. The second-order valence-corrected chi connectivity index (χ2v) is 8.85. The van der Waals surface area contributed by atoms with Crippen molar-refractivity contribution in [3.05, 3.63) is 66.7 Å². The molecule has 0 aromatic heterocycles. The maximum atomic E-state index is 11.3. The first-order valence-electron chi connectivity index (χ1n) is 9.04. The molecule has 5 nitrogen and oxygen atoms in total. The third-order valence-electron chi connectivity index (χ3n) is 4.96. The molecule has 2 unspecified atom stereocenters. The lowest BCUT2D eigenvalue weighted by Gasteiger charge is -2.53. The molecule has 0 saturated carbocycles. The predicted molar refractivity (Wildman–Crippen MR) is 113 cm³/mol. The maximum Gasteiger partial charge on any atom is 0.209 e. The van der Waals surface area contributed by atoms with Crippen LogP contribution in [0.15, 0.2) is 66.7 Å². The van der Waals surface area contributed by atoms with Gasteiger partial charge < -0.3 is 10.5 Å². The molecule has 3 aromatic carbocycles. The first-order chi connectivity index (χ1) is 13.0. The Morgan fingerprint density at radius 3 is 2.52 bits per heavy atom. The molecule has 0 bridgehead atoms. The van der Waals surface area contributed by atoms with Crippen LogP contribution in [0.4, 0.5) is 11.4 Å². The summed E-state index contributed by atoms with van der Waals surface area (Å²) >= 11 is 0. The van der Waals surface area contributed by atoms with Crippen LogP contribution < -0.4 is 14.8 Å². The van der Waals surface area contributed by atoms with Gasteiger partial charge in [0.25, 0.3) is 0 Å². The molecule has 1 aliphatic heterocycles. The molecule has 0 saturated heterocycles. The average molecular weight is 385 g/mol. The average Bonchev–Trinajstić information content (AvgIpc) is 2.66.